The highest BCUT2D eigenvalue weighted by molar-refractivity contribution is 5.78. The smallest absolute Gasteiger partial charge is 0.260 e. The van der Waals surface area contributed by atoms with Crippen LogP contribution in [0.1, 0.15) is 20.8 Å². The van der Waals surface area contributed by atoms with E-state index in [4.69, 9.17) is 0 Å². The van der Waals surface area contributed by atoms with Crippen molar-refractivity contribution < 1.29 is 0 Å². The predicted molar refractivity (Wildman–Crippen MR) is 83.2 cm³/mol. The summed E-state index contributed by atoms with van der Waals surface area (Å²) in [6, 6.07) is 7.75. The number of para-hydroxylation sites is 1. The third-order valence-corrected chi connectivity index (χ3v) is 3.61. The van der Waals surface area contributed by atoms with Gasteiger partial charge in [0, 0.05) is 12.6 Å². The minimum absolute atomic E-state index is 0.103. The number of H-pyrrole nitrogens is 1. The normalized spacial score (nSPS) is 12.8. The highest BCUT2D eigenvalue weighted by atomic mass is 16.1. The molecule has 1 aromatic heterocycles. The monoisotopic (exact) mass is 274 g/mol. The van der Waals surface area contributed by atoms with Crippen LogP contribution in [0.4, 0.5) is 5.95 Å². The Labute approximate surface area is 119 Å². The Hall–Kier alpha value is -1.88. The minimum Gasteiger partial charge on any atom is -0.354 e. The lowest BCUT2D eigenvalue weighted by molar-refractivity contribution is 0.240. The van der Waals surface area contributed by atoms with Crippen LogP contribution in [0.15, 0.2) is 29.1 Å². The standard InChI is InChI=1S/C15H22N4O/c1-4-19(5-2)11(3)10-16-15-17-13-9-7-6-8-12(13)14(20)18-15/h6-9,11H,4-5,10H2,1-3H3,(H2,16,17,18,20). The fourth-order valence-corrected chi connectivity index (χ4v) is 2.39. The molecule has 2 N–H and O–H groups in total. The summed E-state index contributed by atoms with van der Waals surface area (Å²) in [4.78, 5) is 21.5. The summed E-state index contributed by atoms with van der Waals surface area (Å²) in [5, 5.41) is 3.84. The van der Waals surface area contributed by atoms with Gasteiger partial charge >= 0.3 is 0 Å². The summed E-state index contributed by atoms with van der Waals surface area (Å²) in [5.41, 5.74) is 0.614. The SMILES string of the molecule is CCN(CC)C(C)CNc1nc2ccccc2c(=O)[nH]1. The van der Waals surface area contributed by atoms with Crippen molar-refractivity contribution in [2.45, 2.75) is 26.8 Å². The molecule has 0 amide bonds. The van der Waals surface area contributed by atoms with E-state index < -0.39 is 0 Å². The summed E-state index contributed by atoms with van der Waals surface area (Å²) in [6.45, 7) is 9.25. The zero-order chi connectivity index (χ0) is 14.5. The molecule has 5 heteroatoms. The highest BCUT2D eigenvalue weighted by Gasteiger charge is 2.10. The summed E-state index contributed by atoms with van der Waals surface area (Å²) >= 11 is 0. The van der Waals surface area contributed by atoms with Crippen molar-refractivity contribution in [1.29, 1.82) is 0 Å². The molecule has 20 heavy (non-hydrogen) atoms. The quantitative estimate of drug-likeness (QED) is 0.846. The maximum atomic E-state index is 11.9. The molecule has 2 rings (SSSR count). The summed E-state index contributed by atoms with van der Waals surface area (Å²) in [7, 11) is 0. The van der Waals surface area contributed by atoms with Gasteiger partial charge in [0.15, 0.2) is 0 Å². The fraction of sp³-hybridized carbons (Fsp3) is 0.467. The lowest BCUT2D eigenvalue weighted by Crippen LogP contribution is -2.38. The van der Waals surface area contributed by atoms with Crippen molar-refractivity contribution >= 4 is 16.9 Å². The molecule has 0 bridgehead atoms. The molecule has 108 valence electrons. The van der Waals surface area contributed by atoms with E-state index in [0.717, 1.165) is 19.6 Å². The first-order valence-corrected chi connectivity index (χ1v) is 7.12. The highest BCUT2D eigenvalue weighted by Crippen LogP contribution is 2.08. The van der Waals surface area contributed by atoms with Crippen LogP contribution in [0.2, 0.25) is 0 Å². The second kappa shape index (κ2) is 6.52. The van der Waals surface area contributed by atoms with Crippen molar-refractivity contribution in [3.05, 3.63) is 34.6 Å². The van der Waals surface area contributed by atoms with Crippen LogP contribution in [0.3, 0.4) is 0 Å². The molecule has 0 spiro atoms. The molecule has 1 aromatic carbocycles. The van der Waals surface area contributed by atoms with Gasteiger partial charge in [-0.2, -0.15) is 0 Å². The van der Waals surface area contributed by atoms with E-state index in [1.54, 1.807) is 6.07 Å². The third kappa shape index (κ3) is 3.17. The van der Waals surface area contributed by atoms with Gasteiger partial charge in [-0.1, -0.05) is 26.0 Å². The van der Waals surface area contributed by atoms with Crippen LogP contribution in [-0.4, -0.2) is 40.5 Å². The molecule has 0 saturated heterocycles. The van der Waals surface area contributed by atoms with Crippen molar-refractivity contribution in [3.8, 4) is 0 Å². The Balaban J connectivity index is 2.12. The topological polar surface area (TPSA) is 61.0 Å². The Morgan fingerprint density at radius 3 is 2.70 bits per heavy atom. The number of hydrogen-bond acceptors (Lipinski definition) is 4. The lowest BCUT2D eigenvalue weighted by Gasteiger charge is -2.26. The van der Waals surface area contributed by atoms with Gasteiger partial charge < -0.3 is 5.32 Å². The molecule has 0 fully saturated rings. The Bertz CT molecular complexity index is 619. The Morgan fingerprint density at radius 1 is 1.30 bits per heavy atom. The Morgan fingerprint density at radius 2 is 2.00 bits per heavy atom. The van der Waals surface area contributed by atoms with Gasteiger partial charge in [0.2, 0.25) is 5.95 Å². The van der Waals surface area contributed by atoms with Crippen LogP contribution < -0.4 is 10.9 Å². The van der Waals surface area contributed by atoms with Crippen molar-refractivity contribution in [1.82, 2.24) is 14.9 Å². The molecule has 1 unspecified atom stereocenters. The summed E-state index contributed by atoms with van der Waals surface area (Å²) in [6.07, 6.45) is 0. The number of aromatic amines is 1. The number of aromatic nitrogens is 2. The number of anilines is 1. The number of benzene rings is 1. The molecule has 0 aliphatic carbocycles. The second-order valence-corrected chi connectivity index (χ2v) is 4.88. The average Bonchev–Trinajstić information content (AvgIpc) is 2.46. The first-order chi connectivity index (χ1) is 9.65. The van der Waals surface area contributed by atoms with Crippen molar-refractivity contribution in [2.75, 3.05) is 25.0 Å². The molecule has 1 atom stereocenters. The van der Waals surface area contributed by atoms with Gasteiger partial charge in [0.25, 0.3) is 5.56 Å². The van der Waals surface area contributed by atoms with Gasteiger partial charge in [-0.15, -0.1) is 0 Å². The van der Waals surface area contributed by atoms with E-state index in [0.29, 0.717) is 22.9 Å². The minimum atomic E-state index is -0.103. The molecule has 0 saturated carbocycles. The fourth-order valence-electron chi connectivity index (χ4n) is 2.39. The van der Waals surface area contributed by atoms with Gasteiger partial charge in [-0.3, -0.25) is 14.7 Å². The molecular weight excluding hydrogens is 252 g/mol. The van der Waals surface area contributed by atoms with E-state index in [2.05, 4.69) is 41.0 Å². The maximum absolute atomic E-state index is 11.9. The second-order valence-electron chi connectivity index (χ2n) is 4.88. The largest absolute Gasteiger partial charge is 0.354 e. The molecule has 0 aliphatic rings. The lowest BCUT2D eigenvalue weighted by atomic mass is 10.2. The molecule has 0 radical (unpaired) electrons. The maximum Gasteiger partial charge on any atom is 0.260 e. The van der Waals surface area contributed by atoms with Crippen LogP contribution in [0, 0.1) is 0 Å². The van der Waals surface area contributed by atoms with Crippen molar-refractivity contribution in [3.63, 3.8) is 0 Å². The van der Waals surface area contributed by atoms with E-state index in [1.807, 2.05) is 18.2 Å². The number of nitrogens with zero attached hydrogens (tertiary/aromatic N) is 2. The van der Waals surface area contributed by atoms with Gasteiger partial charge in [0.05, 0.1) is 10.9 Å². The zero-order valence-corrected chi connectivity index (χ0v) is 12.3. The average molecular weight is 274 g/mol. The van der Waals surface area contributed by atoms with E-state index in [1.165, 1.54) is 0 Å². The zero-order valence-electron chi connectivity index (χ0n) is 12.3. The summed E-state index contributed by atoms with van der Waals surface area (Å²) < 4.78 is 0. The Kier molecular flexibility index (Phi) is 4.74. The third-order valence-electron chi connectivity index (χ3n) is 3.61. The first-order valence-electron chi connectivity index (χ1n) is 7.12. The van der Waals surface area contributed by atoms with E-state index >= 15 is 0 Å². The molecular formula is C15H22N4O. The molecule has 1 heterocycles. The first kappa shape index (κ1) is 14.5. The van der Waals surface area contributed by atoms with Gasteiger partial charge in [-0.05, 0) is 32.1 Å². The predicted octanol–water partition coefficient (Wildman–Crippen LogP) is 2.07. The van der Waals surface area contributed by atoms with Gasteiger partial charge in [0.1, 0.15) is 0 Å². The number of rotatable bonds is 6. The van der Waals surface area contributed by atoms with E-state index in [-0.39, 0.29) is 5.56 Å². The number of likely N-dealkylation sites (N-methyl/N-ethyl adjacent to an activating group) is 1. The number of fused-ring (bicyclic) bond motifs is 1. The number of hydrogen-bond donors (Lipinski definition) is 2. The van der Waals surface area contributed by atoms with Gasteiger partial charge in [-0.25, -0.2) is 4.98 Å². The van der Waals surface area contributed by atoms with Crippen LogP contribution in [-0.2, 0) is 0 Å². The molecule has 0 aliphatic heterocycles. The summed E-state index contributed by atoms with van der Waals surface area (Å²) in [5.74, 6) is 0.535. The van der Waals surface area contributed by atoms with E-state index in [9.17, 15) is 4.79 Å². The molecule has 5 nitrogen and oxygen atoms in total. The van der Waals surface area contributed by atoms with Crippen LogP contribution in [0.25, 0.3) is 10.9 Å². The number of nitrogens with one attached hydrogen (secondary N) is 2. The van der Waals surface area contributed by atoms with Crippen LogP contribution >= 0.6 is 0 Å². The van der Waals surface area contributed by atoms with Crippen molar-refractivity contribution in [2.24, 2.45) is 0 Å². The molecule has 2 aromatic rings. The van der Waals surface area contributed by atoms with Crippen LogP contribution in [0.5, 0.6) is 0 Å².